The lowest BCUT2D eigenvalue weighted by Gasteiger charge is -2.15. The number of benzene rings is 1. The van der Waals surface area contributed by atoms with Crippen molar-refractivity contribution < 1.29 is 9.53 Å². The van der Waals surface area contributed by atoms with Crippen molar-refractivity contribution in [2.24, 2.45) is 0 Å². The van der Waals surface area contributed by atoms with Crippen LogP contribution in [0.2, 0.25) is 5.02 Å². The molecule has 2 aromatic heterocycles. The second kappa shape index (κ2) is 8.44. The summed E-state index contributed by atoms with van der Waals surface area (Å²) in [6.07, 6.45) is 4.90. The third-order valence-corrected chi connectivity index (χ3v) is 5.23. The van der Waals surface area contributed by atoms with Gasteiger partial charge >= 0.3 is 0 Å². The minimum Gasteiger partial charge on any atom is -0.492 e. The van der Waals surface area contributed by atoms with Gasteiger partial charge in [0.05, 0.1) is 22.9 Å². The molecule has 0 spiro atoms. The number of aromatic amines is 1. The number of nitrogens with zero attached hydrogens (tertiary/aromatic N) is 3. The van der Waals surface area contributed by atoms with E-state index < -0.39 is 0 Å². The van der Waals surface area contributed by atoms with E-state index in [1.165, 1.54) is 0 Å². The maximum atomic E-state index is 12.6. The van der Waals surface area contributed by atoms with Gasteiger partial charge in [0.15, 0.2) is 0 Å². The van der Waals surface area contributed by atoms with Gasteiger partial charge in [-0.25, -0.2) is 0 Å². The first-order valence-electron chi connectivity index (χ1n) is 9.31. The number of carbonyl (C=O) groups is 1. The summed E-state index contributed by atoms with van der Waals surface area (Å²) in [5, 5.41) is 8.14. The molecule has 0 radical (unpaired) electrons. The smallest absolute Gasteiger partial charge is 0.255 e. The zero-order valence-corrected chi connectivity index (χ0v) is 16.1. The average Bonchev–Trinajstić information content (AvgIpc) is 3.39. The number of amides is 1. The number of carbonyl (C=O) groups excluding carboxylic acids is 1. The lowest BCUT2D eigenvalue weighted by atomic mass is 10.0. The van der Waals surface area contributed by atoms with Gasteiger partial charge in [-0.15, -0.1) is 0 Å². The van der Waals surface area contributed by atoms with E-state index >= 15 is 0 Å². The second-order valence-electron chi connectivity index (χ2n) is 6.83. The molecule has 0 aliphatic carbocycles. The lowest BCUT2D eigenvalue weighted by Crippen LogP contribution is -2.28. The van der Waals surface area contributed by atoms with E-state index in [0.29, 0.717) is 35.9 Å². The summed E-state index contributed by atoms with van der Waals surface area (Å²) >= 11 is 6.10. The highest BCUT2D eigenvalue weighted by molar-refractivity contribution is 6.32. The zero-order valence-electron chi connectivity index (χ0n) is 15.3. The second-order valence-corrected chi connectivity index (χ2v) is 7.23. The van der Waals surface area contributed by atoms with Crippen molar-refractivity contribution in [3.05, 3.63) is 76.8 Å². The van der Waals surface area contributed by atoms with E-state index in [0.717, 1.165) is 24.4 Å². The standard InChI is InChI=1S/C21H21ClN4O2/c22-18-5-1-2-6-20(18)28-11-8-17-12-19(25-24-17)16-7-10-26(14-16)21(27)15-4-3-9-23-13-15/h1-6,9,12-13,16H,7-8,10-11,14H2,(H,24,25). The Labute approximate surface area is 168 Å². The molecule has 0 saturated carbocycles. The number of hydrogen-bond donors (Lipinski definition) is 1. The van der Waals surface area contributed by atoms with E-state index in [-0.39, 0.29) is 11.8 Å². The first-order chi connectivity index (χ1) is 13.7. The predicted octanol–water partition coefficient (Wildman–Crippen LogP) is 3.71. The molecule has 28 heavy (non-hydrogen) atoms. The number of rotatable bonds is 6. The van der Waals surface area contributed by atoms with E-state index in [1.807, 2.05) is 29.2 Å². The fourth-order valence-corrected chi connectivity index (χ4v) is 3.60. The van der Waals surface area contributed by atoms with Gasteiger partial charge in [-0.2, -0.15) is 5.10 Å². The van der Waals surface area contributed by atoms with Gasteiger partial charge in [0.1, 0.15) is 5.75 Å². The fourth-order valence-electron chi connectivity index (χ4n) is 3.41. The van der Waals surface area contributed by atoms with Gasteiger partial charge in [-0.3, -0.25) is 14.9 Å². The van der Waals surface area contributed by atoms with E-state index in [9.17, 15) is 4.79 Å². The van der Waals surface area contributed by atoms with E-state index in [4.69, 9.17) is 16.3 Å². The SMILES string of the molecule is O=C(c1cccnc1)N1CCC(c2cc(CCOc3ccccc3Cl)[nH]n2)C1. The minimum atomic E-state index is 0.0273. The zero-order chi connectivity index (χ0) is 19.3. The Morgan fingerprint density at radius 3 is 3.00 bits per heavy atom. The molecule has 3 heterocycles. The summed E-state index contributed by atoms with van der Waals surface area (Å²) in [5.74, 6) is 0.957. The Kier molecular flexibility index (Phi) is 5.58. The molecule has 1 aliphatic heterocycles. The van der Waals surface area contributed by atoms with Crippen LogP contribution in [0.3, 0.4) is 0 Å². The third-order valence-electron chi connectivity index (χ3n) is 4.92. The first kappa shape index (κ1) is 18.5. The summed E-state index contributed by atoms with van der Waals surface area (Å²) in [4.78, 5) is 18.5. The normalized spacial score (nSPS) is 16.3. The van der Waals surface area contributed by atoms with Gasteiger partial charge in [0.2, 0.25) is 0 Å². The number of ether oxygens (including phenoxy) is 1. The highest BCUT2D eigenvalue weighted by atomic mass is 35.5. The fraction of sp³-hybridized carbons (Fsp3) is 0.286. The van der Waals surface area contributed by atoms with Gasteiger partial charge in [-0.05, 0) is 36.8 Å². The minimum absolute atomic E-state index is 0.0273. The molecular formula is C21H21ClN4O2. The van der Waals surface area contributed by atoms with Crippen molar-refractivity contribution in [1.82, 2.24) is 20.1 Å². The molecule has 1 atom stereocenters. The number of aromatic nitrogens is 3. The molecular weight excluding hydrogens is 376 g/mol. The molecule has 4 rings (SSSR count). The van der Waals surface area contributed by atoms with Crippen molar-refractivity contribution >= 4 is 17.5 Å². The summed E-state index contributed by atoms with van der Waals surface area (Å²) < 4.78 is 5.73. The van der Waals surface area contributed by atoms with Crippen molar-refractivity contribution in [3.8, 4) is 5.75 Å². The van der Waals surface area contributed by atoms with E-state index in [2.05, 4.69) is 21.2 Å². The van der Waals surface area contributed by atoms with Crippen molar-refractivity contribution in [1.29, 1.82) is 0 Å². The molecule has 1 saturated heterocycles. The molecule has 144 valence electrons. The lowest BCUT2D eigenvalue weighted by molar-refractivity contribution is 0.0790. The molecule has 0 bridgehead atoms. The Hall–Kier alpha value is -2.86. The Balaban J connectivity index is 1.31. The maximum absolute atomic E-state index is 12.6. The number of pyridine rings is 1. The van der Waals surface area contributed by atoms with Crippen LogP contribution in [0.5, 0.6) is 5.75 Å². The predicted molar refractivity (Wildman–Crippen MR) is 107 cm³/mol. The van der Waals surface area contributed by atoms with Crippen LogP contribution in [0.15, 0.2) is 54.9 Å². The number of likely N-dealkylation sites (tertiary alicyclic amines) is 1. The molecule has 3 aromatic rings. The first-order valence-corrected chi connectivity index (χ1v) is 9.69. The summed E-state index contributed by atoms with van der Waals surface area (Å²) in [5.41, 5.74) is 2.64. The number of nitrogens with one attached hydrogen (secondary N) is 1. The van der Waals surface area contributed by atoms with Gasteiger partial charge < -0.3 is 9.64 Å². The van der Waals surface area contributed by atoms with E-state index in [1.54, 1.807) is 24.5 Å². The van der Waals surface area contributed by atoms with Gasteiger partial charge in [0.25, 0.3) is 5.91 Å². The topological polar surface area (TPSA) is 71.1 Å². The number of H-pyrrole nitrogens is 1. The van der Waals surface area contributed by atoms with Crippen LogP contribution in [0.1, 0.15) is 34.1 Å². The van der Waals surface area contributed by atoms with Crippen LogP contribution >= 0.6 is 11.6 Å². The van der Waals surface area contributed by atoms with Gasteiger partial charge in [-0.1, -0.05) is 23.7 Å². The molecule has 1 aliphatic rings. The quantitative estimate of drug-likeness (QED) is 0.689. The van der Waals surface area contributed by atoms with Crippen LogP contribution < -0.4 is 4.74 Å². The Bertz CT molecular complexity index is 944. The van der Waals surface area contributed by atoms with Crippen molar-refractivity contribution in [3.63, 3.8) is 0 Å². The van der Waals surface area contributed by atoms with Crippen LogP contribution in [-0.4, -0.2) is 45.7 Å². The molecule has 6 nitrogen and oxygen atoms in total. The maximum Gasteiger partial charge on any atom is 0.255 e. The largest absolute Gasteiger partial charge is 0.492 e. The number of para-hydroxylation sites is 1. The van der Waals surface area contributed by atoms with Crippen LogP contribution in [0.25, 0.3) is 0 Å². The van der Waals surface area contributed by atoms with Crippen molar-refractivity contribution in [2.75, 3.05) is 19.7 Å². The summed E-state index contributed by atoms with van der Waals surface area (Å²) in [6.45, 7) is 1.92. The highest BCUT2D eigenvalue weighted by Crippen LogP contribution is 2.27. The highest BCUT2D eigenvalue weighted by Gasteiger charge is 2.29. The monoisotopic (exact) mass is 396 g/mol. The molecule has 7 heteroatoms. The molecule has 1 N–H and O–H groups in total. The van der Waals surface area contributed by atoms with Crippen molar-refractivity contribution in [2.45, 2.75) is 18.8 Å². The van der Waals surface area contributed by atoms with Crippen LogP contribution in [0, 0.1) is 0 Å². The molecule has 1 fully saturated rings. The Morgan fingerprint density at radius 1 is 1.29 bits per heavy atom. The molecule has 1 amide bonds. The molecule has 1 unspecified atom stereocenters. The summed E-state index contributed by atoms with van der Waals surface area (Å²) in [7, 11) is 0. The van der Waals surface area contributed by atoms with Gasteiger partial charge in [0, 0.05) is 43.5 Å². The van der Waals surface area contributed by atoms with Crippen LogP contribution in [0.4, 0.5) is 0 Å². The van der Waals surface area contributed by atoms with Crippen LogP contribution in [-0.2, 0) is 6.42 Å². The molecule has 1 aromatic carbocycles. The average molecular weight is 397 g/mol. The Morgan fingerprint density at radius 2 is 2.18 bits per heavy atom. The summed E-state index contributed by atoms with van der Waals surface area (Å²) in [6, 6.07) is 13.1. The number of halogens is 1. The third kappa shape index (κ3) is 4.17. The number of hydrogen-bond acceptors (Lipinski definition) is 4.